The average Bonchev–Trinajstić information content (AvgIpc) is 2.97. The molecule has 2 nitrogen and oxygen atoms in total. The Morgan fingerprint density at radius 2 is 2.06 bits per heavy atom. The maximum Gasteiger partial charge on any atom is 0.0702 e. The lowest BCUT2D eigenvalue weighted by molar-refractivity contribution is 0.283. The highest BCUT2D eigenvalue weighted by atomic mass is 79.9. The summed E-state index contributed by atoms with van der Waals surface area (Å²) in [4.78, 5) is 1.30. The Morgan fingerprint density at radius 1 is 1.17 bits per heavy atom. The minimum absolute atomic E-state index is 0.0789. The van der Waals surface area contributed by atoms with Crippen LogP contribution in [0.2, 0.25) is 0 Å². The van der Waals surface area contributed by atoms with Crippen LogP contribution in [0.25, 0.3) is 10.9 Å². The second kappa shape index (κ2) is 4.88. The fourth-order valence-corrected chi connectivity index (χ4v) is 3.69. The molecule has 2 aromatic heterocycles. The maximum absolute atomic E-state index is 9.43. The van der Waals surface area contributed by atoms with Gasteiger partial charge in [0.2, 0.25) is 0 Å². The Balaban J connectivity index is 2.06. The van der Waals surface area contributed by atoms with Crippen LogP contribution in [-0.4, -0.2) is 9.67 Å². The summed E-state index contributed by atoms with van der Waals surface area (Å²) in [5.74, 6) is 0. The molecule has 0 aliphatic rings. The Bertz CT molecular complexity index is 686. The van der Waals surface area contributed by atoms with E-state index in [0.717, 1.165) is 21.4 Å². The third-order valence-corrected chi connectivity index (χ3v) is 4.61. The summed E-state index contributed by atoms with van der Waals surface area (Å²) in [5, 5.41) is 10.6. The third-order valence-electron chi connectivity index (χ3n) is 3.00. The summed E-state index contributed by atoms with van der Waals surface area (Å²) in [6.07, 6.45) is 2.08. The number of aliphatic hydroxyl groups excluding tert-OH is 1. The number of hydrogen-bond donors (Lipinski definition) is 1. The van der Waals surface area contributed by atoms with Crippen molar-refractivity contribution in [1.82, 2.24) is 4.57 Å². The molecule has 2 heterocycles. The van der Waals surface area contributed by atoms with E-state index in [1.165, 1.54) is 10.3 Å². The molecule has 0 amide bonds. The van der Waals surface area contributed by atoms with Gasteiger partial charge in [-0.15, -0.1) is 11.3 Å². The first-order valence-electron chi connectivity index (χ1n) is 5.70. The highest BCUT2D eigenvalue weighted by Gasteiger charge is 2.07. The van der Waals surface area contributed by atoms with Crippen LogP contribution in [0.1, 0.15) is 10.4 Å². The lowest BCUT2D eigenvalue weighted by Gasteiger charge is -2.07. The minimum Gasteiger partial charge on any atom is -0.392 e. The van der Waals surface area contributed by atoms with Crippen molar-refractivity contribution in [2.75, 3.05) is 0 Å². The van der Waals surface area contributed by atoms with Crippen molar-refractivity contribution >= 4 is 38.2 Å². The predicted octanol–water partition coefficient (Wildman–Crippen LogP) is 4.01. The van der Waals surface area contributed by atoms with Crippen molar-refractivity contribution in [3.8, 4) is 0 Å². The van der Waals surface area contributed by atoms with Crippen LogP contribution >= 0.6 is 27.3 Å². The van der Waals surface area contributed by atoms with Gasteiger partial charge in [0.1, 0.15) is 0 Å². The van der Waals surface area contributed by atoms with Crippen molar-refractivity contribution in [2.45, 2.75) is 13.2 Å². The van der Waals surface area contributed by atoms with Crippen molar-refractivity contribution in [3.05, 3.63) is 56.8 Å². The van der Waals surface area contributed by atoms with Crippen LogP contribution in [0.15, 0.2) is 46.4 Å². The van der Waals surface area contributed by atoms with Gasteiger partial charge in [-0.25, -0.2) is 0 Å². The Kier molecular flexibility index (Phi) is 3.24. The van der Waals surface area contributed by atoms with Gasteiger partial charge >= 0.3 is 0 Å². The fourth-order valence-electron chi connectivity index (χ4n) is 2.20. The molecule has 18 heavy (non-hydrogen) atoms. The molecule has 0 saturated heterocycles. The van der Waals surface area contributed by atoms with Gasteiger partial charge in [0.25, 0.3) is 0 Å². The number of para-hydroxylation sites is 1. The van der Waals surface area contributed by atoms with Gasteiger partial charge in [0.15, 0.2) is 0 Å². The van der Waals surface area contributed by atoms with E-state index >= 15 is 0 Å². The van der Waals surface area contributed by atoms with Gasteiger partial charge in [-0.2, -0.15) is 0 Å². The quantitative estimate of drug-likeness (QED) is 0.774. The van der Waals surface area contributed by atoms with Gasteiger partial charge in [0, 0.05) is 16.6 Å². The molecule has 0 aliphatic carbocycles. The van der Waals surface area contributed by atoms with Crippen LogP contribution in [0, 0.1) is 0 Å². The first-order valence-corrected chi connectivity index (χ1v) is 7.30. The van der Waals surface area contributed by atoms with Gasteiger partial charge in [0.05, 0.1) is 22.5 Å². The van der Waals surface area contributed by atoms with E-state index in [2.05, 4.69) is 51.0 Å². The topological polar surface area (TPSA) is 25.2 Å². The van der Waals surface area contributed by atoms with E-state index in [4.69, 9.17) is 0 Å². The summed E-state index contributed by atoms with van der Waals surface area (Å²) in [5.41, 5.74) is 2.11. The number of benzene rings is 1. The summed E-state index contributed by atoms with van der Waals surface area (Å²) in [6, 6.07) is 12.3. The number of rotatable bonds is 3. The van der Waals surface area contributed by atoms with E-state index in [9.17, 15) is 5.11 Å². The summed E-state index contributed by atoms with van der Waals surface area (Å²) in [7, 11) is 0. The number of halogens is 1. The second-order valence-electron chi connectivity index (χ2n) is 4.16. The van der Waals surface area contributed by atoms with Crippen molar-refractivity contribution < 1.29 is 5.11 Å². The normalized spacial score (nSPS) is 11.2. The van der Waals surface area contributed by atoms with Crippen LogP contribution < -0.4 is 0 Å². The predicted molar refractivity (Wildman–Crippen MR) is 79.0 cm³/mol. The molecule has 0 bridgehead atoms. The fraction of sp³-hybridized carbons (Fsp3) is 0.143. The summed E-state index contributed by atoms with van der Waals surface area (Å²) >= 11 is 5.22. The number of fused-ring (bicyclic) bond motifs is 1. The highest BCUT2D eigenvalue weighted by Crippen LogP contribution is 2.26. The lowest BCUT2D eigenvalue weighted by Crippen LogP contribution is -1.98. The molecule has 0 saturated carbocycles. The first kappa shape index (κ1) is 12.0. The molecule has 0 spiro atoms. The van der Waals surface area contributed by atoms with Gasteiger partial charge in [-0.05, 0) is 39.5 Å². The van der Waals surface area contributed by atoms with E-state index in [1.54, 1.807) is 11.3 Å². The Morgan fingerprint density at radius 3 is 2.78 bits per heavy atom. The maximum atomic E-state index is 9.43. The molecule has 4 heteroatoms. The zero-order valence-electron chi connectivity index (χ0n) is 9.64. The van der Waals surface area contributed by atoms with E-state index in [-0.39, 0.29) is 6.61 Å². The van der Waals surface area contributed by atoms with Crippen molar-refractivity contribution in [3.63, 3.8) is 0 Å². The Hall–Kier alpha value is -1.10. The number of hydrogen-bond acceptors (Lipinski definition) is 2. The van der Waals surface area contributed by atoms with E-state index in [1.807, 2.05) is 12.1 Å². The molecule has 0 radical (unpaired) electrons. The molecule has 3 aromatic rings. The first-order chi connectivity index (χ1) is 8.78. The average molecular weight is 322 g/mol. The highest BCUT2D eigenvalue weighted by molar-refractivity contribution is 9.11. The van der Waals surface area contributed by atoms with Gasteiger partial charge in [-0.1, -0.05) is 18.2 Å². The molecule has 92 valence electrons. The SMILES string of the molecule is OCc1cccc2ccn(Cc3ccc(Br)s3)c12. The number of aliphatic hydroxyl groups is 1. The molecule has 0 unspecified atom stereocenters. The van der Waals surface area contributed by atoms with Crippen LogP contribution in [0.4, 0.5) is 0 Å². The minimum atomic E-state index is 0.0789. The molecule has 0 fully saturated rings. The van der Waals surface area contributed by atoms with Crippen LogP contribution in [0.3, 0.4) is 0 Å². The summed E-state index contributed by atoms with van der Waals surface area (Å²) < 4.78 is 3.34. The number of nitrogens with zero attached hydrogens (tertiary/aromatic N) is 1. The zero-order chi connectivity index (χ0) is 12.5. The Labute approximate surface area is 118 Å². The molecular weight excluding hydrogens is 310 g/mol. The van der Waals surface area contributed by atoms with E-state index in [0.29, 0.717) is 0 Å². The monoisotopic (exact) mass is 321 g/mol. The van der Waals surface area contributed by atoms with Crippen LogP contribution in [0.5, 0.6) is 0 Å². The van der Waals surface area contributed by atoms with Gasteiger partial charge < -0.3 is 9.67 Å². The zero-order valence-corrected chi connectivity index (χ0v) is 12.0. The molecule has 1 aromatic carbocycles. The second-order valence-corrected chi connectivity index (χ2v) is 6.71. The summed E-state index contributed by atoms with van der Waals surface area (Å²) in [6.45, 7) is 0.923. The standard InChI is InChI=1S/C14H12BrNOS/c15-13-5-4-12(18-13)8-16-7-6-10-2-1-3-11(9-17)14(10)16/h1-7,17H,8-9H2. The smallest absolute Gasteiger partial charge is 0.0702 e. The van der Waals surface area contributed by atoms with Crippen molar-refractivity contribution in [2.24, 2.45) is 0 Å². The largest absolute Gasteiger partial charge is 0.392 e. The number of thiophene rings is 1. The molecule has 1 N–H and O–H groups in total. The number of aromatic nitrogens is 1. The van der Waals surface area contributed by atoms with Crippen LogP contribution in [-0.2, 0) is 13.2 Å². The molecular formula is C14H12BrNOS. The lowest BCUT2D eigenvalue weighted by atomic mass is 10.1. The van der Waals surface area contributed by atoms with Gasteiger partial charge in [-0.3, -0.25) is 0 Å². The molecule has 3 rings (SSSR count). The molecule has 0 atom stereocenters. The van der Waals surface area contributed by atoms with Crippen molar-refractivity contribution in [1.29, 1.82) is 0 Å². The third kappa shape index (κ3) is 2.11. The van der Waals surface area contributed by atoms with E-state index < -0.39 is 0 Å². The molecule has 0 aliphatic heterocycles.